The maximum atomic E-state index is 3.74. The average Bonchev–Trinajstić information content (AvgIpc) is 2.98. The first-order valence-electron chi connectivity index (χ1n) is 7.31. The van der Waals surface area contributed by atoms with E-state index in [1.165, 1.54) is 28.2 Å². The van der Waals surface area contributed by atoms with Gasteiger partial charge in [0, 0.05) is 6.20 Å². The van der Waals surface area contributed by atoms with Crippen LogP contribution >= 0.6 is 0 Å². The van der Waals surface area contributed by atoms with Gasteiger partial charge in [0.1, 0.15) is 5.54 Å². The van der Waals surface area contributed by atoms with Crippen LogP contribution in [0.15, 0.2) is 66.9 Å². The van der Waals surface area contributed by atoms with Crippen LogP contribution in [-0.2, 0) is 5.54 Å². The van der Waals surface area contributed by atoms with E-state index in [1.807, 2.05) is 0 Å². The van der Waals surface area contributed by atoms with Gasteiger partial charge in [-0.1, -0.05) is 42.0 Å². The summed E-state index contributed by atoms with van der Waals surface area (Å²) in [5, 5.41) is 3.74. The minimum absolute atomic E-state index is 0.218. The summed E-state index contributed by atoms with van der Waals surface area (Å²) in [5.41, 5.74) is 6.01. The molecule has 0 fully saturated rings. The van der Waals surface area contributed by atoms with Crippen molar-refractivity contribution in [3.63, 3.8) is 0 Å². The average molecular weight is 274 g/mol. The van der Waals surface area contributed by atoms with Crippen molar-refractivity contribution in [3.8, 4) is 5.69 Å². The highest BCUT2D eigenvalue weighted by molar-refractivity contribution is 5.68. The Balaban J connectivity index is 1.97. The van der Waals surface area contributed by atoms with E-state index in [0.717, 1.165) is 0 Å². The van der Waals surface area contributed by atoms with Crippen LogP contribution in [0, 0.1) is 6.92 Å². The van der Waals surface area contributed by atoms with E-state index in [0.29, 0.717) is 0 Å². The molecule has 2 nitrogen and oxygen atoms in total. The second-order valence-corrected chi connectivity index (χ2v) is 5.90. The van der Waals surface area contributed by atoms with Crippen LogP contribution in [0.5, 0.6) is 0 Å². The first-order valence-corrected chi connectivity index (χ1v) is 7.31. The lowest BCUT2D eigenvalue weighted by atomic mass is 9.85. The molecular weight excluding hydrogens is 256 g/mol. The minimum atomic E-state index is -0.218. The molecule has 0 spiro atoms. The number of nitrogens with zero attached hydrogens (tertiary/aromatic N) is 1. The monoisotopic (exact) mass is 274 g/mol. The lowest BCUT2D eigenvalue weighted by molar-refractivity contribution is 0.603. The molecule has 0 saturated heterocycles. The number of anilines is 1. The Labute approximate surface area is 125 Å². The van der Waals surface area contributed by atoms with Crippen LogP contribution in [0.2, 0.25) is 0 Å². The summed E-state index contributed by atoms with van der Waals surface area (Å²) in [6.07, 6.45) is 2.14. The van der Waals surface area contributed by atoms with E-state index in [2.05, 4.69) is 90.6 Å². The van der Waals surface area contributed by atoms with Gasteiger partial charge in [-0.25, -0.2) is 0 Å². The number of para-hydroxylation sites is 2. The second kappa shape index (κ2) is 4.26. The van der Waals surface area contributed by atoms with E-state index >= 15 is 0 Å². The van der Waals surface area contributed by atoms with Gasteiger partial charge in [-0.15, -0.1) is 0 Å². The van der Waals surface area contributed by atoms with Gasteiger partial charge in [0.25, 0.3) is 0 Å². The van der Waals surface area contributed by atoms with Crippen LogP contribution in [0.1, 0.15) is 23.7 Å². The van der Waals surface area contributed by atoms with Crippen LogP contribution in [0.25, 0.3) is 5.69 Å². The Morgan fingerprint density at radius 2 is 1.81 bits per heavy atom. The zero-order valence-electron chi connectivity index (χ0n) is 12.3. The van der Waals surface area contributed by atoms with Crippen molar-refractivity contribution >= 4 is 5.69 Å². The molecule has 4 rings (SSSR count). The van der Waals surface area contributed by atoms with E-state index in [4.69, 9.17) is 0 Å². The Hall–Kier alpha value is -2.48. The molecule has 0 radical (unpaired) electrons. The van der Waals surface area contributed by atoms with Gasteiger partial charge in [0.05, 0.1) is 17.1 Å². The second-order valence-electron chi connectivity index (χ2n) is 5.90. The summed E-state index contributed by atoms with van der Waals surface area (Å²) in [4.78, 5) is 0. The van der Waals surface area contributed by atoms with Crippen molar-refractivity contribution in [1.82, 2.24) is 4.57 Å². The SMILES string of the molecule is Cc1cccc(C2(C)Nc3ccccc3-n3cccc32)c1. The van der Waals surface area contributed by atoms with Crippen LogP contribution in [0.4, 0.5) is 5.69 Å². The largest absolute Gasteiger partial charge is 0.369 e. The standard InChI is InChI=1S/C19H18N2/c1-14-7-5-8-15(13-14)19(2)18-11-6-12-21(18)17-10-4-3-9-16(17)20-19/h3-13,20H,1-2H3. The molecule has 3 aromatic rings. The highest BCUT2D eigenvalue weighted by atomic mass is 15.1. The van der Waals surface area contributed by atoms with Crippen molar-refractivity contribution in [2.24, 2.45) is 0 Å². The van der Waals surface area contributed by atoms with Gasteiger partial charge in [-0.05, 0) is 43.7 Å². The van der Waals surface area contributed by atoms with Crippen LogP contribution in [0.3, 0.4) is 0 Å². The third-order valence-corrected chi connectivity index (χ3v) is 4.40. The molecule has 0 bridgehead atoms. The lowest BCUT2D eigenvalue weighted by Gasteiger charge is -2.39. The molecule has 0 amide bonds. The van der Waals surface area contributed by atoms with Gasteiger partial charge < -0.3 is 9.88 Å². The Morgan fingerprint density at radius 1 is 0.952 bits per heavy atom. The summed E-state index contributed by atoms with van der Waals surface area (Å²) in [6.45, 7) is 4.40. The molecule has 1 atom stereocenters. The predicted molar refractivity (Wildman–Crippen MR) is 87.0 cm³/mol. The Morgan fingerprint density at radius 3 is 2.67 bits per heavy atom. The molecule has 1 aliphatic heterocycles. The fourth-order valence-electron chi connectivity index (χ4n) is 3.30. The zero-order valence-corrected chi connectivity index (χ0v) is 12.3. The van der Waals surface area contributed by atoms with Crippen LogP contribution in [-0.4, -0.2) is 4.57 Å². The number of fused-ring (bicyclic) bond motifs is 3. The van der Waals surface area contributed by atoms with Gasteiger partial charge in [0.2, 0.25) is 0 Å². The van der Waals surface area contributed by atoms with E-state index in [1.54, 1.807) is 0 Å². The Kier molecular flexibility index (Phi) is 2.49. The number of benzene rings is 2. The molecule has 2 heteroatoms. The summed E-state index contributed by atoms with van der Waals surface area (Å²) in [5.74, 6) is 0. The third-order valence-electron chi connectivity index (χ3n) is 4.40. The summed E-state index contributed by atoms with van der Waals surface area (Å²) >= 11 is 0. The molecule has 2 heterocycles. The number of aromatic nitrogens is 1. The van der Waals surface area contributed by atoms with Crippen LogP contribution < -0.4 is 5.32 Å². The molecule has 1 aliphatic rings. The fraction of sp³-hybridized carbons (Fsp3) is 0.158. The minimum Gasteiger partial charge on any atom is -0.369 e. The molecule has 1 N–H and O–H groups in total. The van der Waals surface area contributed by atoms with E-state index in [9.17, 15) is 0 Å². The van der Waals surface area contributed by atoms with Gasteiger partial charge in [-0.3, -0.25) is 0 Å². The molecule has 2 aromatic carbocycles. The van der Waals surface area contributed by atoms with Gasteiger partial charge >= 0.3 is 0 Å². The van der Waals surface area contributed by atoms with Crippen molar-refractivity contribution in [3.05, 3.63) is 83.7 Å². The number of hydrogen-bond acceptors (Lipinski definition) is 1. The highest BCUT2D eigenvalue weighted by Crippen LogP contribution is 2.41. The maximum Gasteiger partial charge on any atom is 0.101 e. The summed E-state index contributed by atoms with van der Waals surface area (Å²) in [6, 6.07) is 21.5. The third kappa shape index (κ3) is 1.72. The first kappa shape index (κ1) is 12.3. The molecular formula is C19H18N2. The molecule has 21 heavy (non-hydrogen) atoms. The van der Waals surface area contributed by atoms with Gasteiger partial charge in [0.15, 0.2) is 0 Å². The summed E-state index contributed by atoms with van der Waals surface area (Å²) < 4.78 is 2.29. The van der Waals surface area contributed by atoms with Crippen molar-refractivity contribution in [2.45, 2.75) is 19.4 Å². The normalized spacial score (nSPS) is 19.5. The fourth-order valence-corrected chi connectivity index (χ4v) is 3.30. The van der Waals surface area contributed by atoms with E-state index < -0.39 is 0 Å². The van der Waals surface area contributed by atoms with Crippen molar-refractivity contribution < 1.29 is 0 Å². The Bertz CT molecular complexity index is 816. The molecule has 1 aromatic heterocycles. The summed E-state index contributed by atoms with van der Waals surface area (Å²) in [7, 11) is 0. The molecule has 1 unspecified atom stereocenters. The topological polar surface area (TPSA) is 17.0 Å². The quantitative estimate of drug-likeness (QED) is 0.692. The lowest BCUT2D eigenvalue weighted by Crippen LogP contribution is -2.38. The number of rotatable bonds is 1. The molecule has 104 valence electrons. The van der Waals surface area contributed by atoms with Crippen molar-refractivity contribution in [2.75, 3.05) is 5.32 Å². The van der Waals surface area contributed by atoms with Gasteiger partial charge in [-0.2, -0.15) is 0 Å². The predicted octanol–water partition coefficient (Wildman–Crippen LogP) is 4.47. The molecule has 0 saturated carbocycles. The number of hydrogen-bond donors (Lipinski definition) is 1. The maximum absolute atomic E-state index is 3.74. The number of aryl methyl sites for hydroxylation is 1. The molecule has 0 aliphatic carbocycles. The smallest absolute Gasteiger partial charge is 0.101 e. The van der Waals surface area contributed by atoms with Crippen molar-refractivity contribution in [1.29, 1.82) is 0 Å². The first-order chi connectivity index (χ1) is 10.2. The number of nitrogens with one attached hydrogen (secondary N) is 1. The van der Waals surface area contributed by atoms with E-state index in [-0.39, 0.29) is 5.54 Å². The zero-order chi connectivity index (χ0) is 14.4. The highest BCUT2D eigenvalue weighted by Gasteiger charge is 2.35.